The van der Waals surface area contributed by atoms with E-state index >= 15 is 0 Å². The van der Waals surface area contributed by atoms with Crippen LogP contribution in [0.25, 0.3) is 0 Å². The second-order valence-electron chi connectivity index (χ2n) is 3.98. The largest absolute Gasteiger partial charge is 0.399 e. The topological polar surface area (TPSA) is 101 Å². The van der Waals surface area contributed by atoms with Crippen molar-refractivity contribution in [3.63, 3.8) is 0 Å². The minimum atomic E-state index is -1.70. The highest BCUT2D eigenvalue weighted by Gasteiger charge is 2.24. The van der Waals surface area contributed by atoms with Gasteiger partial charge in [0.05, 0.1) is 20.7 Å². The number of imide groups is 1. The van der Waals surface area contributed by atoms with Crippen LogP contribution in [0.2, 0.25) is 5.02 Å². The van der Waals surface area contributed by atoms with E-state index in [4.69, 9.17) is 17.3 Å². The number of benzene rings is 1. The van der Waals surface area contributed by atoms with E-state index in [1.807, 2.05) is 0 Å². The molecule has 1 aromatic rings. The molecule has 1 aromatic carbocycles. The molecule has 3 amide bonds. The number of hydrogen-bond donors (Lipinski definition) is 3. The first-order valence-electron chi connectivity index (χ1n) is 5.91. The van der Waals surface area contributed by atoms with Gasteiger partial charge in [0.2, 0.25) is 5.91 Å². The van der Waals surface area contributed by atoms with Crippen molar-refractivity contribution in [2.24, 2.45) is 0 Å². The van der Waals surface area contributed by atoms with E-state index in [-0.39, 0.29) is 9.92 Å². The first-order chi connectivity index (χ1) is 9.36. The van der Waals surface area contributed by atoms with Gasteiger partial charge in [-0.1, -0.05) is 11.6 Å². The van der Waals surface area contributed by atoms with E-state index in [0.29, 0.717) is 12.2 Å². The van der Waals surface area contributed by atoms with Gasteiger partial charge in [-0.3, -0.25) is 14.3 Å². The lowest BCUT2D eigenvalue weighted by molar-refractivity contribution is -0.119. The van der Waals surface area contributed by atoms with E-state index in [1.165, 1.54) is 19.1 Å². The Hall–Kier alpha value is -1.60. The fourth-order valence-corrected chi connectivity index (χ4v) is 2.87. The Labute approximate surface area is 124 Å². The van der Waals surface area contributed by atoms with Crippen LogP contribution in [-0.4, -0.2) is 27.9 Å². The smallest absolute Gasteiger partial charge is 0.321 e. The molecule has 8 heteroatoms. The Morgan fingerprint density at radius 1 is 1.45 bits per heavy atom. The van der Waals surface area contributed by atoms with Crippen molar-refractivity contribution in [3.8, 4) is 0 Å². The number of hydrogen-bond acceptors (Lipinski definition) is 4. The Balaban J connectivity index is 2.83. The Bertz CT molecular complexity index is 551. The molecule has 2 unspecified atom stereocenters. The van der Waals surface area contributed by atoms with Gasteiger partial charge in [-0.05, 0) is 32.0 Å². The monoisotopic (exact) mass is 317 g/mol. The molecule has 0 aliphatic heterocycles. The van der Waals surface area contributed by atoms with Crippen LogP contribution in [0.5, 0.6) is 0 Å². The number of halogens is 1. The average Bonchev–Trinajstić information content (AvgIpc) is 2.40. The van der Waals surface area contributed by atoms with Crippen LogP contribution in [0, 0.1) is 0 Å². The highest BCUT2D eigenvalue weighted by molar-refractivity contribution is 7.86. The van der Waals surface area contributed by atoms with Gasteiger partial charge in [0.15, 0.2) is 0 Å². The highest BCUT2D eigenvalue weighted by atomic mass is 35.5. The van der Waals surface area contributed by atoms with Gasteiger partial charge < -0.3 is 11.1 Å². The predicted octanol–water partition coefficient (Wildman–Crippen LogP) is 1.26. The standard InChI is InChI=1S/C12H16ClN3O3S/c1-3-15-12(18)16-11(17)7(2)20(19)10-6-8(14)4-5-9(10)13/h4-7H,3,14H2,1-2H3,(H2,15,16,17,18). The SMILES string of the molecule is CCNC(=O)NC(=O)C(C)S(=O)c1cc(N)ccc1Cl. The molecule has 1 rings (SSSR count). The minimum absolute atomic E-state index is 0.259. The highest BCUT2D eigenvalue weighted by Crippen LogP contribution is 2.24. The molecular formula is C12H16ClN3O3S. The zero-order chi connectivity index (χ0) is 15.3. The maximum Gasteiger partial charge on any atom is 0.321 e. The summed E-state index contributed by atoms with van der Waals surface area (Å²) >= 11 is 5.94. The van der Waals surface area contributed by atoms with Crippen molar-refractivity contribution in [2.75, 3.05) is 12.3 Å². The summed E-state index contributed by atoms with van der Waals surface area (Å²) in [5.74, 6) is -0.646. The average molecular weight is 318 g/mol. The number of nitrogens with one attached hydrogen (secondary N) is 2. The summed E-state index contributed by atoms with van der Waals surface area (Å²) in [5, 5.41) is 3.85. The zero-order valence-electron chi connectivity index (χ0n) is 11.1. The number of rotatable bonds is 4. The molecule has 0 spiro atoms. The third-order valence-electron chi connectivity index (χ3n) is 2.44. The normalized spacial score (nSPS) is 13.3. The fraction of sp³-hybridized carbons (Fsp3) is 0.333. The first-order valence-corrected chi connectivity index (χ1v) is 7.50. The van der Waals surface area contributed by atoms with Gasteiger partial charge in [0, 0.05) is 12.2 Å². The maximum absolute atomic E-state index is 12.3. The molecule has 6 nitrogen and oxygen atoms in total. The predicted molar refractivity (Wildman–Crippen MR) is 79.0 cm³/mol. The van der Waals surface area contributed by atoms with Crippen LogP contribution in [0.4, 0.5) is 10.5 Å². The van der Waals surface area contributed by atoms with E-state index in [2.05, 4.69) is 10.6 Å². The molecule has 0 aliphatic rings. The molecule has 0 aliphatic carbocycles. The van der Waals surface area contributed by atoms with Crippen LogP contribution >= 0.6 is 11.6 Å². The number of nitrogens with two attached hydrogens (primary N) is 1. The van der Waals surface area contributed by atoms with E-state index in [1.54, 1.807) is 13.0 Å². The van der Waals surface area contributed by atoms with Gasteiger partial charge in [0.25, 0.3) is 0 Å². The van der Waals surface area contributed by atoms with Crippen LogP contribution in [0.15, 0.2) is 23.1 Å². The van der Waals surface area contributed by atoms with Crippen molar-refractivity contribution >= 4 is 40.0 Å². The van der Waals surface area contributed by atoms with Crippen molar-refractivity contribution < 1.29 is 13.8 Å². The summed E-state index contributed by atoms with van der Waals surface area (Å²) in [4.78, 5) is 23.3. The summed E-state index contributed by atoms with van der Waals surface area (Å²) in [6, 6.07) is 3.91. The summed E-state index contributed by atoms with van der Waals surface area (Å²) in [5.41, 5.74) is 6.00. The van der Waals surface area contributed by atoms with E-state index in [0.717, 1.165) is 0 Å². The number of amides is 3. The fourth-order valence-electron chi connectivity index (χ4n) is 1.38. The maximum atomic E-state index is 12.3. The molecule has 0 bridgehead atoms. The lowest BCUT2D eigenvalue weighted by Gasteiger charge is -2.13. The number of anilines is 1. The quantitative estimate of drug-likeness (QED) is 0.728. The van der Waals surface area contributed by atoms with Gasteiger partial charge in [-0.25, -0.2) is 4.79 Å². The van der Waals surface area contributed by atoms with Gasteiger partial charge in [-0.15, -0.1) is 0 Å². The van der Waals surface area contributed by atoms with Crippen molar-refractivity contribution in [1.29, 1.82) is 0 Å². The second-order valence-corrected chi connectivity index (χ2v) is 6.13. The van der Waals surface area contributed by atoms with Gasteiger partial charge >= 0.3 is 6.03 Å². The Morgan fingerprint density at radius 2 is 2.10 bits per heavy atom. The van der Waals surface area contributed by atoms with Crippen LogP contribution in [-0.2, 0) is 15.6 Å². The summed E-state index contributed by atoms with van der Waals surface area (Å²) in [7, 11) is -1.70. The minimum Gasteiger partial charge on any atom is -0.399 e. The molecule has 0 saturated carbocycles. The lowest BCUT2D eigenvalue weighted by atomic mass is 10.3. The van der Waals surface area contributed by atoms with Gasteiger partial charge in [-0.2, -0.15) is 0 Å². The third kappa shape index (κ3) is 4.21. The van der Waals surface area contributed by atoms with Crippen LogP contribution < -0.4 is 16.4 Å². The van der Waals surface area contributed by atoms with Crippen LogP contribution in [0.1, 0.15) is 13.8 Å². The molecule has 110 valence electrons. The van der Waals surface area contributed by atoms with Crippen molar-refractivity contribution in [2.45, 2.75) is 24.0 Å². The number of carbonyl (C=O) groups is 2. The second kappa shape index (κ2) is 7.25. The molecule has 20 heavy (non-hydrogen) atoms. The molecular weight excluding hydrogens is 302 g/mol. The van der Waals surface area contributed by atoms with Crippen molar-refractivity contribution in [1.82, 2.24) is 10.6 Å². The summed E-state index contributed by atoms with van der Waals surface area (Å²) in [6.07, 6.45) is 0. The molecule has 0 aromatic heterocycles. The first kappa shape index (κ1) is 16.5. The summed E-state index contributed by atoms with van der Waals surface area (Å²) < 4.78 is 12.3. The molecule has 0 radical (unpaired) electrons. The number of urea groups is 1. The summed E-state index contributed by atoms with van der Waals surface area (Å²) in [6.45, 7) is 3.56. The molecule has 2 atom stereocenters. The number of nitrogen functional groups attached to an aromatic ring is 1. The molecule has 0 heterocycles. The van der Waals surface area contributed by atoms with Crippen LogP contribution in [0.3, 0.4) is 0 Å². The molecule has 0 saturated heterocycles. The van der Waals surface area contributed by atoms with E-state index in [9.17, 15) is 13.8 Å². The molecule has 4 N–H and O–H groups in total. The zero-order valence-corrected chi connectivity index (χ0v) is 12.7. The Kier molecular flexibility index (Phi) is 5.97. The van der Waals surface area contributed by atoms with Crippen molar-refractivity contribution in [3.05, 3.63) is 23.2 Å². The molecule has 0 fully saturated rings. The van der Waals surface area contributed by atoms with Gasteiger partial charge in [0.1, 0.15) is 5.25 Å². The third-order valence-corrected chi connectivity index (χ3v) is 4.51. The van der Waals surface area contributed by atoms with E-state index < -0.39 is 28.0 Å². The lowest BCUT2D eigenvalue weighted by Crippen LogP contribution is -2.44. The number of carbonyl (C=O) groups excluding carboxylic acids is 2. The Morgan fingerprint density at radius 3 is 2.70 bits per heavy atom.